The van der Waals surface area contributed by atoms with Crippen LogP contribution in [0.5, 0.6) is 0 Å². The SMILES string of the molecule is CSNC(=O)C1(C(=O)Cc2ccc(F)cc2)CC1. The number of benzene rings is 1. The molecule has 2 rings (SSSR count). The topological polar surface area (TPSA) is 46.2 Å². The Morgan fingerprint density at radius 3 is 2.44 bits per heavy atom. The van der Waals surface area contributed by atoms with Crippen molar-refractivity contribution in [3.05, 3.63) is 35.6 Å². The Labute approximate surface area is 109 Å². The minimum absolute atomic E-state index is 0.0827. The lowest BCUT2D eigenvalue weighted by atomic mass is 9.94. The standard InChI is InChI=1S/C13H14FNO2S/c1-18-15-12(17)13(6-7-13)11(16)8-9-2-4-10(14)5-3-9/h2-5H,6-8H2,1H3,(H,15,17). The van der Waals surface area contributed by atoms with Gasteiger partial charge >= 0.3 is 0 Å². The first-order valence-corrected chi connectivity index (χ1v) is 6.92. The molecule has 0 aliphatic heterocycles. The molecule has 0 saturated heterocycles. The molecule has 0 aromatic heterocycles. The highest BCUT2D eigenvalue weighted by atomic mass is 32.2. The molecule has 1 fully saturated rings. The molecule has 1 amide bonds. The number of carbonyl (C=O) groups is 2. The number of amides is 1. The van der Waals surface area contributed by atoms with Crippen LogP contribution >= 0.6 is 11.9 Å². The summed E-state index contributed by atoms with van der Waals surface area (Å²) >= 11 is 1.20. The molecule has 0 heterocycles. The van der Waals surface area contributed by atoms with Crippen molar-refractivity contribution in [1.29, 1.82) is 0 Å². The summed E-state index contributed by atoms with van der Waals surface area (Å²) in [5.41, 5.74) is -0.0955. The Morgan fingerprint density at radius 2 is 1.94 bits per heavy atom. The molecule has 5 heteroatoms. The summed E-state index contributed by atoms with van der Waals surface area (Å²) in [5, 5.41) is 0. The number of carbonyl (C=O) groups excluding carboxylic acids is 2. The molecular formula is C13H14FNO2S. The van der Waals surface area contributed by atoms with Crippen molar-refractivity contribution in [3.63, 3.8) is 0 Å². The maximum Gasteiger partial charge on any atom is 0.243 e. The largest absolute Gasteiger partial charge is 0.300 e. The van der Waals surface area contributed by atoms with Crippen molar-refractivity contribution in [2.45, 2.75) is 19.3 Å². The van der Waals surface area contributed by atoms with Gasteiger partial charge in [-0.2, -0.15) is 0 Å². The summed E-state index contributed by atoms with van der Waals surface area (Å²) in [6.45, 7) is 0. The number of halogens is 1. The van der Waals surface area contributed by atoms with E-state index in [2.05, 4.69) is 4.72 Å². The van der Waals surface area contributed by atoms with Gasteiger partial charge in [-0.05, 0) is 30.5 Å². The fourth-order valence-corrected chi connectivity index (χ4v) is 2.29. The molecule has 0 bridgehead atoms. The van der Waals surface area contributed by atoms with Crippen LogP contribution in [-0.4, -0.2) is 17.9 Å². The van der Waals surface area contributed by atoms with Gasteiger partial charge in [0.25, 0.3) is 0 Å². The number of Topliss-reactive ketones (excluding diaryl/α,β-unsaturated/α-hetero) is 1. The second-order valence-corrected chi connectivity index (χ2v) is 5.06. The van der Waals surface area contributed by atoms with E-state index in [1.807, 2.05) is 0 Å². The van der Waals surface area contributed by atoms with Gasteiger partial charge in [-0.3, -0.25) is 14.3 Å². The highest BCUT2D eigenvalue weighted by Gasteiger charge is 2.55. The Balaban J connectivity index is 2.04. The van der Waals surface area contributed by atoms with Crippen molar-refractivity contribution in [1.82, 2.24) is 4.72 Å². The number of hydrogen-bond donors (Lipinski definition) is 1. The van der Waals surface area contributed by atoms with Gasteiger partial charge in [0.05, 0.1) is 0 Å². The molecule has 1 aliphatic rings. The average molecular weight is 267 g/mol. The predicted octanol–water partition coefficient (Wildman–Crippen LogP) is 2.11. The number of hydrogen-bond acceptors (Lipinski definition) is 3. The summed E-state index contributed by atoms with van der Waals surface area (Å²) in [5.74, 6) is -0.616. The fraction of sp³-hybridized carbons (Fsp3) is 0.385. The third-order valence-electron chi connectivity index (χ3n) is 3.19. The monoisotopic (exact) mass is 267 g/mol. The molecule has 0 radical (unpaired) electrons. The molecule has 0 atom stereocenters. The van der Waals surface area contributed by atoms with Crippen LogP contribution < -0.4 is 4.72 Å². The van der Waals surface area contributed by atoms with E-state index >= 15 is 0 Å². The summed E-state index contributed by atoms with van der Waals surface area (Å²) in [6, 6.07) is 5.81. The van der Waals surface area contributed by atoms with E-state index in [1.165, 1.54) is 24.1 Å². The van der Waals surface area contributed by atoms with E-state index in [1.54, 1.807) is 18.4 Å². The number of rotatable bonds is 5. The minimum atomic E-state index is -0.836. The van der Waals surface area contributed by atoms with Gasteiger partial charge < -0.3 is 0 Å². The third-order valence-corrected chi connectivity index (χ3v) is 3.58. The highest BCUT2D eigenvalue weighted by Crippen LogP contribution is 2.47. The first-order valence-electron chi connectivity index (χ1n) is 5.70. The second kappa shape index (κ2) is 5.10. The molecule has 18 heavy (non-hydrogen) atoms. The van der Waals surface area contributed by atoms with Gasteiger partial charge in [0, 0.05) is 12.7 Å². The summed E-state index contributed by atoms with van der Waals surface area (Å²) in [6.07, 6.45) is 3.15. The Morgan fingerprint density at radius 1 is 1.33 bits per heavy atom. The molecule has 0 unspecified atom stereocenters. The molecule has 1 aromatic carbocycles. The van der Waals surface area contributed by atoms with Crippen molar-refractivity contribution in [2.24, 2.45) is 5.41 Å². The maximum atomic E-state index is 12.7. The zero-order valence-corrected chi connectivity index (χ0v) is 10.8. The predicted molar refractivity (Wildman–Crippen MR) is 68.4 cm³/mol. The molecule has 1 aliphatic carbocycles. The molecule has 1 N–H and O–H groups in total. The first-order chi connectivity index (χ1) is 8.58. The van der Waals surface area contributed by atoms with E-state index in [0.29, 0.717) is 12.8 Å². The van der Waals surface area contributed by atoms with Crippen molar-refractivity contribution in [2.75, 3.05) is 6.26 Å². The fourth-order valence-electron chi connectivity index (χ4n) is 1.90. The normalized spacial score (nSPS) is 16.1. The van der Waals surface area contributed by atoms with E-state index < -0.39 is 5.41 Å². The number of nitrogens with one attached hydrogen (secondary N) is 1. The van der Waals surface area contributed by atoms with Crippen LogP contribution in [0.3, 0.4) is 0 Å². The van der Waals surface area contributed by atoms with Gasteiger partial charge in [0.15, 0.2) is 5.78 Å². The Hall–Kier alpha value is -1.36. The average Bonchev–Trinajstić information content (AvgIpc) is 3.14. The van der Waals surface area contributed by atoms with Gasteiger partial charge in [-0.25, -0.2) is 4.39 Å². The molecule has 96 valence electrons. The van der Waals surface area contributed by atoms with Gasteiger partial charge in [0.2, 0.25) is 5.91 Å². The van der Waals surface area contributed by atoms with Crippen LogP contribution in [-0.2, 0) is 16.0 Å². The van der Waals surface area contributed by atoms with E-state index in [9.17, 15) is 14.0 Å². The van der Waals surface area contributed by atoms with Crippen LogP contribution in [0.1, 0.15) is 18.4 Å². The lowest BCUT2D eigenvalue weighted by Gasteiger charge is -2.12. The van der Waals surface area contributed by atoms with Gasteiger partial charge in [0.1, 0.15) is 11.2 Å². The van der Waals surface area contributed by atoms with Gasteiger partial charge in [-0.15, -0.1) is 0 Å². The molecule has 0 spiro atoms. The van der Waals surface area contributed by atoms with Crippen LogP contribution in [0, 0.1) is 11.2 Å². The van der Waals surface area contributed by atoms with Gasteiger partial charge in [-0.1, -0.05) is 24.1 Å². The van der Waals surface area contributed by atoms with E-state index in [-0.39, 0.29) is 23.9 Å². The van der Waals surface area contributed by atoms with Crippen LogP contribution in [0.2, 0.25) is 0 Å². The molecule has 1 aromatic rings. The number of ketones is 1. The molecular weight excluding hydrogens is 253 g/mol. The van der Waals surface area contributed by atoms with Crippen molar-refractivity contribution >= 4 is 23.6 Å². The van der Waals surface area contributed by atoms with Crippen LogP contribution in [0.4, 0.5) is 4.39 Å². The lowest BCUT2D eigenvalue weighted by molar-refractivity contribution is -0.134. The zero-order valence-electron chi connectivity index (χ0n) is 10.0. The summed E-state index contributed by atoms with van der Waals surface area (Å²) in [7, 11) is 0. The minimum Gasteiger partial charge on any atom is -0.300 e. The molecule has 1 saturated carbocycles. The van der Waals surface area contributed by atoms with E-state index in [4.69, 9.17) is 0 Å². The van der Waals surface area contributed by atoms with Crippen LogP contribution in [0.25, 0.3) is 0 Å². The molecule has 3 nitrogen and oxygen atoms in total. The van der Waals surface area contributed by atoms with Crippen molar-refractivity contribution in [3.8, 4) is 0 Å². The Kier molecular flexibility index (Phi) is 3.71. The smallest absolute Gasteiger partial charge is 0.243 e. The summed E-state index contributed by atoms with van der Waals surface area (Å²) < 4.78 is 15.4. The Bertz CT molecular complexity index is 468. The van der Waals surface area contributed by atoms with Crippen LogP contribution in [0.15, 0.2) is 24.3 Å². The first kappa shape index (κ1) is 13.1. The second-order valence-electron chi connectivity index (χ2n) is 4.44. The third kappa shape index (κ3) is 2.56. The zero-order chi connectivity index (χ0) is 13.2. The van der Waals surface area contributed by atoms with E-state index in [0.717, 1.165) is 5.56 Å². The lowest BCUT2D eigenvalue weighted by Crippen LogP contribution is -2.34. The van der Waals surface area contributed by atoms with Crippen molar-refractivity contribution < 1.29 is 14.0 Å². The maximum absolute atomic E-state index is 12.7. The quantitative estimate of drug-likeness (QED) is 0.656. The highest BCUT2D eigenvalue weighted by molar-refractivity contribution is 7.97. The summed E-state index contributed by atoms with van der Waals surface area (Å²) in [4.78, 5) is 23.9.